The third kappa shape index (κ3) is 3.05. The van der Waals surface area contributed by atoms with Gasteiger partial charge in [0.2, 0.25) is 0 Å². The van der Waals surface area contributed by atoms with Gasteiger partial charge in [-0.25, -0.2) is 14.2 Å². The van der Waals surface area contributed by atoms with Crippen molar-refractivity contribution in [3.8, 4) is 17.0 Å². The van der Waals surface area contributed by atoms with Crippen molar-refractivity contribution in [1.29, 1.82) is 0 Å². The molecule has 0 unspecified atom stereocenters. The zero-order valence-corrected chi connectivity index (χ0v) is 16.8. The number of halogens is 3. The minimum atomic E-state index is -0.767. The average Bonchev–Trinajstić information content (AvgIpc) is 3.07. The second-order valence-corrected chi connectivity index (χ2v) is 8.26. The van der Waals surface area contributed by atoms with Gasteiger partial charge in [-0.2, -0.15) is 8.97 Å². The Kier molecular flexibility index (Phi) is 4.82. The van der Waals surface area contributed by atoms with Crippen LogP contribution in [-0.2, 0) is 6.54 Å². The van der Waals surface area contributed by atoms with E-state index in [-0.39, 0.29) is 28.6 Å². The molecule has 0 radical (unpaired) electrons. The summed E-state index contributed by atoms with van der Waals surface area (Å²) >= 11 is 13.1. The number of thiazole rings is 1. The second kappa shape index (κ2) is 7.16. The minimum absolute atomic E-state index is 0.0676. The van der Waals surface area contributed by atoms with E-state index in [1.54, 1.807) is 18.5 Å². The third-order valence-electron chi connectivity index (χ3n) is 4.39. The minimum Gasteiger partial charge on any atom is -0.477 e. The molecule has 0 bridgehead atoms. The van der Waals surface area contributed by atoms with E-state index < -0.39 is 11.4 Å². The number of aryl methyl sites for hydroxylation is 1. The summed E-state index contributed by atoms with van der Waals surface area (Å²) in [6, 6.07) is 7.86. The molecule has 0 atom stereocenters. The van der Waals surface area contributed by atoms with Crippen LogP contribution in [0.15, 0.2) is 47.5 Å². The number of hydrogen-bond acceptors (Lipinski definition) is 4. The Labute approximate surface area is 172 Å². The van der Waals surface area contributed by atoms with Gasteiger partial charge in [0.15, 0.2) is 10.0 Å². The van der Waals surface area contributed by atoms with Crippen molar-refractivity contribution in [2.45, 2.75) is 13.5 Å². The maximum absolute atomic E-state index is 14.7. The Hall–Kier alpha value is -2.48. The fourth-order valence-electron chi connectivity index (χ4n) is 3.16. The van der Waals surface area contributed by atoms with Crippen LogP contribution in [0.1, 0.15) is 10.4 Å². The van der Waals surface area contributed by atoms with Crippen LogP contribution in [0.4, 0.5) is 4.39 Å². The van der Waals surface area contributed by atoms with Gasteiger partial charge >= 0.3 is 5.56 Å². The highest BCUT2D eigenvalue weighted by Crippen LogP contribution is 2.30. The van der Waals surface area contributed by atoms with E-state index in [1.165, 1.54) is 38.5 Å². The molecule has 28 heavy (non-hydrogen) atoms. The molecule has 3 aromatic heterocycles. The van der Waals surface area contributed by atoms with Gasteiger partial charge in [-0.3, -0.25) is 0 Å². The zero-order chi connectivity index (χ0) is 20.0. The Morgan fingerprint density at radius 2 is 2.07 bits per heavy atom. The highest BCUT2D eigenvalue weighted by molar-refractivity contribution is 7.15. The normalized spacial score (nSPS) is 11.3. The van der Waals surface area contributed by atoms with E-state index in [9.17, 15) is 14.3 Å². The maximum Gasteiger partial charge on any atom is 0.354 e. The lowest BCUT2D eigenvalue weighted by atomic mass is 10.1. The third-order valence-corrected chi connectivity index (χ3v) is 5.78. The molecular weight excluding hydrogens is 424 g/mol. The molecule has 0 fully saturated rings. The van der Waals surface area contributed by atoms with Gasteiger partial charge in [-0.05, 0) is 25.1 Å². The largest absolute Gasteiger partial charge is 0.477 e. The van der Waals surface area contributed by atoms with Crippen LogP contribution in [0.25, 0.3) is 16.8 Å². The molecule has 0 aliphatic rings. The summed E-state index contributed by atoms with van der Waals surface area (Å²) in [6.45, 7) is 2.03. The molecule has 0 aliphatic carbocycles. The summed E-state index contributed by atoms with van der Waals surface area (Å²) < 4.78 is 17.9. The average molecular weight is 437 g/mol. The first-order chi connectivity index (χ1) is 13.4. The van der Waals surface area contributed by atoms with E-state index >= 15 is 0 Å². The smallest absolute Gasteiger partial charge is 0.354 e. The lowest BCUT2D eigenvalue weighted by Crippen LogP contribution is -2.41. The van der Waals surface area contributed by atoms with Gasteiger partial charge in [-0.1, -0.05) is 35.3 Å². The molecule has 1 N–H and O–H groups in total. The van der Waals surface area contributed by atoms with E-state index in [4.69, 9.17) is 23.2 Å². The molecule has 0 amide bonds. The number of aromatic nitrogens is 3. The number of hydrogen-bond donors (Lipinski definition) is 1. The number of nitrogens with zero attached hydrogens (tertiary/aromatic N) is 3. The predicted molar refractivity (Wildman–Crippen MR) is 107 cm³/mol. The lowest BCUT2D eigenvalue weighted by Gasteiger charge is -2.11. The first kappa shape index (κ1) is 18.9. The van der Waals surface area contributed by atoms with Gasteiger partial charge in [0.1, 0.15) is 12.4 Å². The second-order valence-electron chi connectivity index (χ2n) is 6.16. The summed E-state index contributed by atoms with van der Waals surface area (Å²) in [7, 11) is 0. The Morgan fingerprint density at radius 3 is 2.79 bits per heavy atom. The summed E-state index contributed by atoms with van der Waals surface area (Å²) in [5.41, 5.74) is 0.473. The molecule has 0 aliphatic heterocycles. The van der Waals surface area contributed by atoms with E-state index in [1.807, 2.05) is 13.0 Å². The van der Waals surface area contributed by atoms with Crippen molar-refractivity contribution < 1.29 is 14.1 Å². The quantitative estimate of drug-likeness (QED) is 0.489. The number of benzene rings is 1. The monoisotopic (exact) mass is 436 g/mol. The fourth-order valence-corrected chi connectivity index (χ4v) is 4.30. The summed E-state index contributed by atoms with van der Waals surface area (Å²) in [4.78, 5) is 17.9. The Morgan fingerprint density at radius 1 is 1.29 bits per heavy atom. The van der Waals surface area contributed by atoms with Crippen molar-refractivity contribution in [2.75, 3.05) is 0 Å². The molecule has 4 rings (SSSR count). The zero-order valence-electron chi connectivity index (χ0n) is 14.5. The molecule has 4 aromatic rings. The molecule has 0 saturated heterocycles. The highest BCUT2D eigenvalue weighted by Gasteiger charge is 2.28. The number of fused-ring (bicyclic) bond motifs is 1. The first-order valence-electron chi connectivity index (χ1n) is 8.20. The number of rotatable bonds is 3. The molecule has 5 nitrogen and oxygen atoms in total. The van der Waals surface area contributed by atoms with Gasteiger partial charge in [-0.15, -0.1) is 11.3 Å². The molecule has 3 heterocycles. The van der Waals surface area contributed by atoms with Crippen LogP contribution in [-0.4, -0.2) is 14.5 Å². The van der Waals surface area contributed by atoms with Gasteiger partial charge in [0.05, 0.1) is 16.1 Å². The van der Waals surface area contributed by atoms with Crippen LogP contribution in [0.2, 0.25) is 9.49 Å². The van der Waals surface area contributed by atoms with E-state index in [2.05, 4.69) is 4.98 Å². The predicted octanol–water partition coefficient (Wildman–Crippen LogP) is 4.22. The van der Waals surface area contributed by atoms with Gasteiger partial charge in [0, 0.05) is 17.3 Å². The number of pyridine rings is 1. The first-order valence-corrected chi connectivity index (χ1v) is 9.77. The molecule has 1 aromatic carbocycles. The molecule has 142 valence electrons. The molecule has 0 saturated carbocycles. The maximum atomic E-state index is 14.7. The van der Waals surface area contributed by atoms with Crippen molar-refractivity contribution in [3.63, 3.8) is 0 Å². The van der Waals surface area contributed by atoms with Crippen LogP contribution in [0, 0.1) is 12.7 Å². The Balaban J connectivity index is 2.10. The standard InChI is InChI=1S/C19H12Cl2FN3O2S/c1-10-4-3-7-24-16(10)25(9-11-8-23-19(21)28-11)18(27)14(17(24)26)12-5-2-6-13(20)15(12)22/h2-8H,9H2,1H3/p+1. The van der Waals surface area contributed by atoms with Crippen LogP contribution in [0.5, 0.6) is 5.88 Å². The summed E-state index contributed by atoms with van der Waals surface area (Å²) in [5, 5.41) is 10.9. The van der Waals surface area contributed by atoms with Gasteiger partial charge < -0.3 is 5.11 Å². The lowest BCUT2D eigenvalue weighted by molar-refractivity contribution is -0.671. The van der Waals surface area contributed by atoms with E-state index in [0.29, 0.717) is 10.1 Å². The highest BCUT2D eigenvalue weighted by atomic mass is 35.5. The van der Waals surface area contributed by atoms with Crippen molar-refractivity contribution in [3.05, 3.63) is 78.8 Å². The molecule has 9 heteroatoms. The molecular formula is C19H13Cl2FN3O2S+. The van der Waals surface area contributed by atoms with Crippen LogP contribution < -0.4 is 10.1 Å². The van der Waals surface area contributed by atoms with Crippen molar-refractivity contribution >= 4 is 40.2 Å². The molecule has 0 spiro atoms. The fraction of sp³-hybridized carbons (Fsp3) is 0.105. The SMILES string of the molecule is Cc1cccn2c(=O)c(-c3cccc(Cl)c3F)c(O)[n+](Cc3cnc(Cl)s3)c12. The number of aromatic hydroxyl groups is 1. The van der Waals surface area contributed by atoms with E-state index in [0.717, 1.165) is 10.4 Å². The summed E-state index contributed by atoms with van der Waals surface area (Å²) in [5.74, 6) is -1.12. The Bertz CT molecular complexity index is 1290. The van der Waals surface area contributed by atoms with Crippen LogP contribution >= 0.6 is 34.5 Å². The van der Waals surface area contributed by atoms with Crippen molar-refractivity contribution in [2.24, 2.45) is 0 Å². The van der Waals surface area contributed by atoms with Gasteiger partial charge in [0.25, 0.3) is 11.5 Å². The summed E-state index contributed by atoms with van der Waals surface area (Å²) in [6.07, 6.45) is 3.17. The van der Waals surface area contributed by atoms with Crippen molar-refractivity contribution in [1.82, 2.24) is 9.38 Å². The van der Waals surface area contributed by atoms with Crippen LogP contribution in [0.3, 0.4) is 0 Å². The topological polar surface area (TPSA) is 58.5 Å².